The summed E-state index contributed by atoms with van der Waals surface area (Å²) in [6.45, 7) is 6.11. The second-order valence-corrected chi connectivity index (χ2v) is 4.66. The fourth-order valence-electron chi connectivity index (χ4n) is 2.01. The van der Waals surface area contributed by atoms with Crippen molar-refractivity contribution in [2.45, 2.75) is 45.6 Å². The SMILES string of the molecule is CCC(CC)(CC)NC(=O)Nc1ccc(C(=O)O)nc1. The molecular weight excluding hydrogens is 258 g/mol. The molecule has 0 fully saturated rings. The highest BCUT2D eigenvalue weighted by Crippen LogP contribution is 2.19. The number of carbonyl (C=O) groups is 2. The van der Waals surface area contributed by atoms with Crippen LogP contribution in [-0.4, -0.2) is 27.6 Å². The maximum Gasteiger partial charge on any atom is 0.354 e. The summed E-state index contributed by atoms with van der Waals surface area (Å²) in [5.74, 6) is -1.09. The van der Waals surface area contributed by atoms with Crippen LogP contribution >= 0.6 is 0 Å². The van der Waals surface area contributed by atoms with Gasteiger partial charge in [-0.1, -0.05) is 20.8 Å². The minimum Gasteiger partial charge on any atom is -0.477 e. The van der Waals surface area contributed by atoms with Gasteiger partial charge in [0.2, 0.25) is 0 Å². The van der Waals surface area contributed by atoms with Gasteiger partial charge < -0.3 is 15.7 Å². The van der Waals surface area contributed by atoms with E-state index in [2.05, 4.69) is 15.6 Å². The van der Waals surface area contributed by atoms with Crippen molar-refractivity contribution >= 4 is 17.7 Å². The number of hydrogen-bond acceptors (Lipinski definition) is 3. The van der Waals surface area contributed by atoms with Gasteiger partial charge in [0, 0.05) is 5.54 Å². The van der Waals surface area contributed by atoms with Crippen LogP contribution in [-0.2, 0) is 0 Å². The van der Waals surface area contributed by atoms with E-state index in [0.29, 0.717) is 5.69 Å². The first-order valence-corrected chi connectivity index (χ1v) is 6.75. The number of aromatic nitrogens is 1. The number of carboxylic acids is 1. The number of nitrogens with one attached hydrogen (secondary N) is 2. The van der Waals surface area contributed by atoms with E-state index in [1.165, 1.54) is 18.3 Å². The zero-order valence-corrected chi connectivity index (χ0v) is 12.1. The molecule has 0 saturated carbocycles. The smallest absolute Gasteiger partial charge is 0.354 e. The molecule has 0 unspecified atom stereocenters. The number of rotatable bonds is 6. The average Bonchev–Trinajstić information content (AvgIpc) is 2.45. The molecule has 1 rings (SSSR count). The zero-order valence-electron chi connectivity index (χ0n) is 12.1. The first-order chi connectivity index (χ1) is 9.46. The molecule has 0 bridgehead atoms. The molecule has 0 aromatic carbocycles. The van der Waals surface area contributed by atoms with Crippen LogP contribution in [0.15, 0.2) is 18.3 Å². The lowest BCUT2D eigenvalue weighted by Gasteiger charge is -2.31. The fourth-order valence-corrected chi connectivity index (χ4v) is 2.01. The molecule has 20 heavy (non-hydrogen) atoms. The van der Waals surface area contributed by atoms with Crippen LogP contribution in [0.5, 0.6) is 0 Å². The minimum atomic E-state index is -1.09. The van der Waals surface area contributed by atoms with E-state index < -0.39 is 5.97 Å². The highest BCUT2D eigenvalue weighted by Gasteiger charge is 2.25. The number of hydrogen-bond donors (Lipinski definition) is 3. The first kappa shape index (κ1) is 15.9. The Morgan fingerprint density at radius 3 is 2.20 bits per heavy atom. The van der Waals surface area contributed by atoms with E-state index in [1.807, 2.05) is 20.8 Å². The molecule has 0 saturated heterocycles. The lowest BCUT2D eigenvalue weighted by Crippen LogP contribution is -2.48. The molecule has 0 aliphatic heterocycles. The largest absolute Gasteiger partial charge is 0.477 e. The third-order valence-electron chi connectivity index (χ3n) is 3.65. The number of aromatic carboxylic acids is 1. The number of pyridine rings is 1. The van der Waals surface area contributed by atoms with Gasteiger partial charge >= 0.3 is 12.0 Å². The van der Waals surface area contributed by atoms with Gasteiger partial charge in [0.05, 0.1) is 11.9 Å². The summed E-state index contributed by atoms with van der Waals surface area (Å²) in [6, 6.07) is 2.56. The summed E-state index contributed by atoms with van der Waals surface area (Å²) in [4.78, 5) is 26.4. The standard InChI is InChI=1S/C14H21N3O3/c1-4-14(5-2,6-3)17-13(20)16-10-7-8-11(12(18)19)15-9-10/h7-9H,4-6H2,1-3H3,(H,18,19)(H2,16,17,20). The van der Waals surface area contributed by atoms with Crippen LogP contribution in [0.25, 0.3) is 0 Å². The number of carboxylic acid groups (broad SMARTS) is 1. The number of carbonyl (C=O) groups excluding carboxylic acids is 1. The lowest BCUT2D eigenvalue weighted by molar-refractivity contribution is 0.0690. The molecule has 6 nitrogen and oxygen atoms in total. The Balaban J connectivity index is 2.68. The van der Waals surface area contributed by atoms with Crippen molar-refractivity contribution in [1.29, 1.82) is 0 Å². The lowest BCUT2D eigenvalue weighted by atomic mass is 9.90. The van der Waals surface area contributed by atoms with E-state index in [9.17, 15) is 9.59 Å². The molecule has 1 aromatic heterocycles. The molecule has 0 aliphatic rings. The molecule has 0 radical (unpaired) electrons. The molecule has 1 heterocycles. The summed E-state index contributed by atoms with van der Waals surface area (Å²) in [5, 5.41) is 14.4. The van der Waals surface area contributed by atoms with Gasteiger partial charge in [-0.2, -0.15) is 0 Å². The number of anilines is 1. The molecule has 0 aliphatic carbocycles. The maximum absolute atomic E-state index is 12.0. The second kappa shape index (κ2) is 6.88. The molecule has 3 N–H and O–H groups in total. The molecule has 0 spiro atoms. The van der Waals surface area contributed by atoms with E-state index in [-0.39, 0.29) is 17.3 Å². The summed E-state index contributed by atoms with van der Waals surface area (Å²) < 4.78 is 0. The van der Waals surface area contributed by atoms with Gasteiger partial charge in [-0.25, -0.2) is 14.6 Å². The van der Waals surface area contributed by atoms with Gasteiger partial charge in [-0.3, -0.25) is 0 Å². The number of nitrogens with zero attached hydrogens (tertiary/aromatic N) is 1. The van der Waals surface area contributed by atoms with Gasteiger partial charge in [-0.15, -0.1) is 0 Å². The van der Waals surface area contributed by atoms with Crippen molar-refractivity contribution < 1.29 is 14.7 Å². The Labute approximate surface area is 118 Å². The van der Waals surface area contributed by atoms with Crippen molar-refractivity contribution in [3.8, 4) is 0 Å². The van der Waals surface area contributed by atoms with E-state index in [4.69, 9.17) is 5.11 Å². The third-order valence-corrected chi connectivity index (χ3v) is 3.65. The topological polar surface area (TPSA) is 91.3 Å². The van der Waals surface area contributed by atoms with Crippen LogP contribution < -0.4 is 10.6 Å². The molecular formula is C14H21N3O3. The number of urea groups is 1. The Bertz CT molecular complexity index is 459. The first-order valence-electron chi connectivity index (χ1n) is 6.75. The maximum atomic E-state index is 12.0. The average molecular weight is 279 g/mol. The van der Waals surface area contributed by atoms with Crippen molar-refractivity contribution in [1.82, 2.24) is 10.3 Å². The van der Waals surface area contributed by atoms with Gasteiger partial charge in [0.15, 0.2) is 0 Å². The highest BCUT2D eigenvalue weighted by molar-refractivity contribution is 5.90. The Morgan fingerprint density at radius 2 is 1.80 bits per heavy atom. The third kappa shape index (κ3) is 3.94. The van der Waals surface area contributed by atoms with Crippen LogP contribution in [0.3, 0.4) is 0 Å². The van der Waals surface area contributed by atoms with Gasteiger partial charge in [0.25, 0.3) is 0 Å². The van der Waals surface area contributed by atoms with E-state index in [1.54, 1.807) is 0 Å². The van der Waals surface area contributed by atoms with Crippen molar-refractivity contribution in [2.24, 2.45) is 0 Å². The van der Waals surface area contributed by atoms with Crippen LogP contribution in [0.1, 0.15) is 50.5 Å². The van der Waals surface area contributed by atoms with Gasteiger partial charge in [-0.05, 0) is 31.4 Å². The predicted molar refractivity (Wildman–Crippen MR) is 77.0 cm³/mol. The van der Waals surface area contributed by atoms with Crippen LogP contribution in [0.4, 0.5) is 10.5 Å². The predicted octanol–water partition coefficient (Wildman–Crippen LogP) is 2.87. The molecule has 1 aromatic rings. The van der Waals surface area contributed by atoms with Crippen LogP contribution in [0.2, 0.25) is 0 Å². The number of amides is 2. The summed E-state index contributed by atoms with van der Waals surface area (Å²) >= 11 is 0. The molecule has 110 valence electrons. The fraction of sp³-hybridized carbons (Fsp3) is 0.500. The summed E-state index contributed by atoms with van der Waals surface area (Å²) in [6.07, 6.45) is 3.88. The van der Waals surface area contributed by atoms with Crippen LogP contribution in [0, 0.1) is 0 Å². The monoisotopic (exact) mass is 279 g/mol. The normalized spacial score (nSPS) is 10.9. The highest BCUT2D eigenvalue weighted by atomic mass is 16.4. The van der Waals surface area contributed by atoms with Crippen molar-refractivity contribution in [3.63, 3.8) is 0 Å². The van der Waals surface area contributed by atoms with E-state index >= 15 is 0 Å². The summed E-state index contributed by atoms with van der Waals surface area (Å²) in [7, 11) is 0. The molecule has 6 heteroatoms. The zero-order chi connectivity index (χ0) is 15.2. The quantitative estimate of drug-likeness (QED) is 0.746. The Kier molecular flexibility index (Phi) is 5.49. The Hall–Kier alpha value is -2.11. The van der Waals surface area contributed by atoms with Crippen molar-refractivity contribution in [3.05, 3.63) is 24.0 Å². The second-order valence-electron chi connectivity index (χ2n) is 4.66. The van der Waals surface area contributed by atoms with E-state index in [0.717, 1.165) is 19.3 Å². The minimum absolute atomic E-state index is 0.0546. The van der Waals surface area contributed by atoms with Gasteiger partial charge in [0.1, 0.15) is 5.69 Å². The van der Waals surface area contributed by atoms with Crippen molar-refractivity contribution in [2.75, 3.05) is 5.32 Å². The molecule has 0 atom stereocenters. The summed E-state index contributed by atoms with van der Waals surface area (Å²) in [5.41, 5.74) is 0.198. The Morgan fingerprint density at radius 1 is 1.20 bits per heavy atom. The molecule has 2 amide bonds.